The van der Waals surface area contributed by atoms with Gasteiger partial charge in [-0.3, -0.25) is 0 Å². The van der Waals surface area contributed by atoms with Crippen LogP contribution in [0.5, 0.6) is 5.75 Å². The summed E-state index contributed by atoms with van der Waals surface area (Å²) in [5.74, 6) is 1.21. The third-order valence-corrected chi connectivity index (χ3v) is 2.96. The highest BCUT2D eigenvalue weighted by Crippen LogP contribution is 2.23. The number of rotatable bonds is 6. The maximum Gasteiger partial charge on any atom is 0.339 e. The Hall–Kier alpha value is -0.870. The van der Waals surface area contributed by atoms with Crippen LogP contribution in [0.2, 0.25) is 5.02 Å². The van der Waals surface area contributed by atoms with E-state index in [4.69, 9.17) is 21.4 Å². The topological polar surface area (TPSA) is 46.5 Å². The predicted octanol–water partition coefficient (Wildman–Crippen LogP) is 3.17. The molecule has 0 spiro atoms. The van der Waals surface area contributed by atoms with Crippen molar-refractivity contribution in [2.45, 2.75) is 6.92 Å². The standard InChI is InChI=1S/C11H13ClO3S/c1-2-16-6-5-15-10-4-3-8(12)7-9(10)11(13)14/h3-4,7H,2,5-6H2,1H3,(H,13,14). The SMILES string of the molecule is CCSCCOc1ccc(Cl)cc1C(=O)O. The molecule has 1 aromatic rings. The Morgan fingerprint density at radius 1 is 1.56 bits per heavy atom. The van der Waals surface area contributed by atoms with Gasteiger partial charge >= 0.3 is 5.97 Å². The highest BCUT2D eigenvalue weighted by Gasteiger charge is 2.11. The van der Waals surface area contributed by atoms with E-state index in [2.05, 4.69) is 6.92 Å². The molecule has 0 saturated carbocycles. The molecule has 3 nitrogen and oxygen atoms in total. The summed E-state index contributed by atoms with van der Waals surface area (Å²) in [5.41, 5.74) is 0.106. The maximum atomic E-state index is 10.9. The van der Waals surface area contributed by atoms with Crippen molar-refractivity contribution >= 4 is 29.3 Å². The van der Waals surface area contributed by atoms with Gasteiger partial charge in [0.1, 0.15) is 11.3 Å². The Labute approximate surface area is 104 Å². The van der Waals surface area contributed by atoms with Gasteiger partial charge in [0.05, 0.1) is 6.61 Å². The molecule has 0 fully saturated rings. The number of benzene rings is 1. The summed E-state index contributed by atoms with van der Waals surface area (Å²) in [6.45, 7) is 2.57. The fourth-order valence-electron chi connectivity index (χ4n) is 1.15. The third kappa shape index (κ3) is 3.94. The van der Waals surface area contributed by atoms with Gasteiger partial charge in [-0.05, 0) is 24.0 Å². The number of carboxylic acid groups (broad SMARTS) is 1. The van der Waals surface area contributed by atoms with Crippen molar-refractivity contribution in [1.82, 2.24) is 0 Å². The molecule has 0 aliphatic heterocycles. The first-order valence-corrected chi connectivity index (χ1v) is 6.41. The quantitative estimate of drug-likeness (QED) is 0.798. The average molecular weight is 261 g/mol. The van der Waals surface area contributed by atoms with Crippen molar-refractivity contribution < 1.29 is 14.6 Å². The number of ether oxygens (including phenoxy) is 1. The predicted molar refractivity (Wildman–Crippen MR) is 66.9 cm³/mol. The van der Waals surface area contributed by atoms with Crippen molar-refractivity contribution in [3.8, 4) is 5.75 Å². The van der Waals surface area contributed by atoms with Crippen molar-refractivity contribution in [3.63, 3.8) is 0 Å². The lowest BCUT2D eigenvalue weighted by Crippen LogP contribution is -2.06. The second-order valence-electron chi connectivity index (χ2n) is 2.99. The third-order valence-electron chi connectivity index (χ3n) is 1.86. The minimum Gasteiger partial charge on any atom is -0.492 e. The summed E-state index contributed by atoms with van der Waals surface area (Å²) in [7, 11) is 0. The van der Waals surface area contributed by atoms with Crippen LogP contribution in [-0.4, -0.2) is 29.2 Å². The number of halogens is 1. The summed E-state index contributed by atoms with van der Waals surface area (Å²) in [4.78, 5) is 10.9. The lowest BCUT2D eigenvalue weighted by molar-refractivity contribution is 0.0692. The van der Waals surface area contributed by atoms with Crippen molar-refractivity contribution in [2.24, 2.45) is 0 Å². The minimum atomic E-state index is -1.03. The molecule has 0 atom stereocenters. The average Bonchev–Trinajstić information content (AvgIpc) is 2.26. The zero-order valence-electron chi connectivity index (χ0n) is 8.90. The van der Waals surface area contributed by atoms with Crippen LogP contribution in [-0.2, 0) is 0 Å². The largest absolute Gasteiger partial charge is 0.492 e. The second kappa shape index (κ2) is 6.66. The van der Waals surface area contributed by atoms with Crippen molar-refractivity contribution in [1.29, 1.82) is 0 Å². The fraction of sp³-hybridized carbons (Fsp3) is 0.364. The van der Waals surface area contributed by atoms with Crippen LogP contribution in [0.25, 0.3) is 0 Å². The molecule has 1 N–H and O–H groups in total. The van der Waals surface area contributed by atoms with Gasteiger partial charge in [0.25, 0.3) is 0 Å². The molecule has 0 aliphatic carbocycles. The molecule has 1 aromatic carbocycles. The molecule has 1 rings (SSSR count). The first-order valence-electron chi connectivity index (χ1n) is 4.88. The van der Waals surface area contributed by atoms with E-state index in [1.807, 2.05) is 0 Å². The van der Waals surface area contributed by atoms with Gasteiger partial charge in [-0.25, -0.2) is 4.79 Å². The van der Waals surface area contributed by atoms with E-state index in [-0.39, 0.29) is 5.56 Å². The van der Waals surface area contributed by atoms with Gasteiger partial charge in [-0.15, -0.1) is 0 Å². The first kappa shape index (κ1) is 13.2. The molecular formula is C11H13ClO3S. The van der Waals surface area contributed by atoms with Crippen LogP contribution < -0.4 is 4.74 Å². The van der Waals surface area contributed by atoms with E-state index >= 15 is 0 Å². The summed E-state index contributed by atoms with van der Waals surface area (Å²) in [6, 6.07) is 4.60. The van der Waals surface area contributed by atoms with Crippen LogP contribution in [0.3, 0.4) is 0 Å². The van der Waals surface area contributed by atoms with Crippen LogP contribution >= 0.6 is 23.4 Å². The van der Waals surface area contributed by atoms with Gasteiger partial charge in [-0.1, -0.05) is 18.5 Å². The maximum absolute atomic E-state index is 10.9. The lowest BCUT2D eigenvalue weighted by Gasteiger charge is -2.08. The summed E-state index contributed by atoms with van der Waals surface area (Å²) < 4.78 is 5.40. The van der Waals surface area contributed by atoms with E-state index in [9.17, 15) is 4.79 Å². The Balaban J connectivity index is 2.67. The first-order chi connectivity index (χ1) is 7.65. The Morgan fingerprint density at radius 3 is 2.94 bits per heavy atom. The molecule has 16 heavy (non-hydrogen) atoms. The number of hydrogen-bond donors (Lipinski definition) is 1. The normalized spacial score (nSPS) is 10.1. The Bertz CT molecular complexity index is 368. The molecular weight excluding hydrogens is 248 g/mol. The molecule has 0 saturated heterocycles. The monoisotopic (exact) mass is 260 g/mol. The van der Waals surface area contributed by atoms with Crippen molar-refractivity contribution in [2.75, 3.05) is 18.1 Å². The zero-order chi connectivity index (χ0) is 12.0. The van der Waals surface area contributed by atoms with Crippen LogP contribution in [0, 0.1) is 0 Å². The van der Waals surface area contributed by atoms with E-state index in [1.54, 1.807) is 23.9 Å². The summed E-state index contributed by atoms with van der Waals surface area (Å²) >= 11 is 7.47. The molecule has 0 bridgehead atoms. The highest BCUT2D eigenvalue weighted by molar-refractivity contribution is 7.99. The molecule has 0 aliphatic rings. The zero-order valence-corrected chi connectivity index (χ0v) is 10.5. The van der Waals surface area contributed by atoms with Crippen LogP contribution in [0.1, 0.15) is 17.3 Å². The van der Waals surface area contributed by atoms with Gasteiger partial charge < -0.3 is 9.84 Å². The Kier molecular flexibility index (Phi) is 5.49. The Morgan fingerprint density at radius 2 is 2.31 bits per heavy atom. The fourth-order valence-corrected chi connectivity index (χ4v) is 1.81. The highest BCUT2D eigenvalue weighted by atomic mass is 35.5. The molecule has 0 aromatic heterocycles. The van der Waals surface area contributed by atoms with E-state index in [0.717, 1.165) is 11.5 Å². The van der Waals surface area contributed by atoms with Gasteiger partial charge in [-0.2, -0.15) is 11.8 Å². The lowest BCUT2D eigenvalue weighted by atomic mass is 10.2. The summed E-state index contributed by atoms with van der Waals surface area (Å²) in [6.07, 6.45) is 0. The number of carbonyl (C=O) groups is 1. The van der Waals surface area contributed by atoms with Crippen LogP contribution in [0.15, 0.2) is 18.2 Å². The van der Waals surface area contributed by atoms with Gasteiger partial charge in [0, 0.05) is 10.8 Å². The van der Waals surface area contributed by atoms with Crippen LogP contribution in [0.4, 0.5) is 0 Å². The molecule has 0 unspecified atom stereocenters. The van der Waals surface area contributed by atoms with E-state index < -0.39 is 5.97 Å². The second-order valence-corrected chi connectivity index (χ2v) is 4.82. The minimum absolute atomic E-state index is 0.106. The molecule has 88 valence electrons. The van der Waals surface area contributed by atoms with E-state index in [1.165, 1.54) is 6.07 Å². The number of aromatic carboxylic acids is 1. The molecule has 0 heterocycles. The molecule has 0 radical (unpaired) electrons. The van der Waals surface area contributed by atoms with E-state index in [0.29, 0.717) is 17.4 Å². The molecule has 5 heteroatoms. The smallest absolute Gasteiger partial charge is 0.339 e. The van der Waals surface area contributed by atoms with Crippen molar-refractivity contribution in [3.05, 3.63) is 28.8 Å². The summed E-state index contributed by atoms with van der Waals surface area (Å²) in [5, 5.41) is 9.34. The number of carboxylic acids is 1. The molecule has 0 amide bonds. The van der Waals surface area contributed by atoms with Gasteiger partial charge in [0.15, 0.2) is 0 Å². The number of thioether (sulfide) groups is 1. The van der Waals surface area contributed by atoms with Gasteiger partial charge in [0.2, 0.25) is 0 Å². The number of hydrogen-bond acceptors (Lipinski definition) is 3.